The zero-order chi connectivity index (χ0) is 18.9. The Labute approximate surface area is 162 Å². The number of ether oxygens (including phenoxy) is 2. The molecule has 0 bridgehead atoms. The number of para-hydroxylation sites is 2. The van der Waals surface area contributed by atoms with Crippen LogP contribution in [0.1, 0.15) is 12.0 Å². The topological polar surface area (TPSA) is 68.0 Å². The lowest BCUT2D eigenvalue weighted by atomic mass is 10.1. The van der Waals surface area contributed by atoms with Gasteiger partial charge in [-0.05, 0) is 36.2 Å². The van der Waals surface area contributed by atoms with Crippen molar-refractivity contribution in [1.29, 1.82) is 0 Å². The summed E-state index contributed by atoms with van der Waals surface area (Å²) in [7, 11) is 0. The average molecular weight is 379 g/mol. The molecule has 2 aliphatic rings. The fourth-order valence-corrected chi connectivity index (χ4v) is 3.69. The molecule has 0 N–H and O–H groups in total. The molecule has 1 saturated heterocycles. The van der Waals surface area contributed by atoms with E-state index in [0.29, 0.717) is 31.3 Å². The predicted octanol–water partition coefficient (Wildman–Crippen LogP) is 2.84. The van der Waals surface area contributed by atoms with Gasteiger partial charge in [0, 0.05) is 26.2 Å². The first-order chi connectivity index (χ1) is 13.8. The van der Waals surface area contributed by atoms with Crippen LogP contribution in [0.3, 0.4) is 0 Å². The number of anilines is 1. The summed E-state index contributed by atoms with van der Waals surface area (Å²) < 4.78 is 16.6. The van der Waals surface area contributed by atoms with Gasteiger partial charge in [-0.15, -0.1) is 0 Å². The minimum atomic E-state index is 0.123. The van der Waals surface area contributed by atoms with Crippen molar-refractivity contribution in [3.63, 3.8) is 0 Å². The number of aromatic nitrogens is 1. The van der Waals surface area contributed by atoms with Gasteiger partial charge in [-0.3, -0.25) is 4.79 Å². The molecule has 1 aromatic heterocycles. The lowest BCUT2D eigenvalue weighted by Gasteiger charge is -2.21. The number of carbonyl (C=O) groups is 1. The fraction of sp³-hybridized carbons (Fsp3) is 0.333. The van der Waals surface area contributed by atoms with Gasteiger partial charge in [0.2, 0.25) is 12.7 Å². The Balaban J connectivity index is 1.24. The zero-order valence-electron chi connectivity index (χ0n) is 15.5. The maximum absolute atomic E-state index is 12.8. The van der Waals surface area contributed by atoms with E-state index in [1.807, 2.05) is 47.4 Å². The molecule has 0 unspecified atom stereocenters. The van der Waals surface area contributed by atoms with Gasteiger partial charge in [0.05, 0.1) is 6.42 Å². The van der Waals surface area contributed by atoms with Crippen LogP contribution in [0, 0.1) is 0 Å². The Morgan fingerprint density at radius 2 is 1.89 bits per heavy atom. The van der Waals surface area contributed by atoms with E-state index >= 15 is 0 Å². The van der Waals surface area contributed by atoms with Crippen molar-refractivity contribution in [2.75, 3.05) is 37.9 Å². The minimum absolute atomic E-state index is 0.123. The van der Waals surface area contributed by atoms with Gasteiger partial charge in [0.25, 0.3) is 6.01 Å². The molecule has 1 fully saturated rings. The highest BCUT2D eigenvalue weighted by Crippen LogP contribution is 2.32. The van der Waals surface area contributed by atoms with E-state index in [2.05, 4.69) is 9.88 Å². The first-order valence-corrected chi connectivity index (χ1v) is 9.53. The quantitative estimate of drug-likeness (QED) is 0.697. The Hall–Kier alpha value is -3.22. The Morgan fingerprint density at radius 3 is 2.82 bits per heavy atom. The summed E-state index contributed by atoms with van der Waals surface area (Å²) >= 11 is 0. The molecule has 0 atom stereocenters. The maximum Gasteiger partial charge on any atom is 0.298 e. The van der Waals surface area contributed by atoms with E-state index in [9.17, 15) is 4.79 Å². The number of hydrogen-bond acceptors (Lipinski definition) is 6. The van der Waals surface area contributed by atoms with Crippen LogP contribution in [0.25, 0.3) is 11.1 Å². The van der Waals surface area contributed by atoms with Crippen LogP contribution in [0.15, 0.2) is 46.9 Å². The monoisotopic (exact) mass is 379 g/mol. The summed E-state index contributed by atoms with van der Waals surface area (Å²) in [6.07, 6.45) is 1.24. The fourth-order valence-electron chi connectivity index (χ4n) is 3.69. The third-order valence-electron chi connectivity index (χ3n) is 5.19. The average Bonchev–Trinajstić information content (AvgIpc) is 3.27. The lowest BCUT2D eigenvalue weighted by Crippen LogP contribution is -2.36. The van der Waals surface area contributed by atoms with Crippen molar-refractivity contribution in [3.05, 3.63) is 48.0 Å². The van der Waals surface area contributed by atoms with Crippen molar-refractivity contribution in [2.24, 2.45) is 0 Å². The standard InChI is InChI=1S/C21H21N3O4/c25-20(13-15-6-7-18-19(12-15)27-14-26-18)23-8-3-9-24(11-10-23)21-22-16-4-1-2-5-17(16)28-21/h1-2,4-7,12H,3,8-11,13-14H2. The molecule has 2 aromatic carbocycles. The van der Waals surface area contributed by atoms with Crippen molar-refractivity contribution in [2.45, 2.75) is 12.8 Å². The Kier molecular flexibility index (Phi) is 4.27. The summed E-state index contributed by atoms with van der Waals surface area (Å²) in [6.45, 7) is 3.16. The highest BCUT2D eigenvalue weighted by molar-refractivity contribution is 5.79. The number of carbonyl (C=O) groups excluding carboxylic acids is 1. The molecule has 0 radical (unpaired) electrons. The van der Waals surface area contributed by atoms with E-state index in [1.165, 1.54) is 0 Å². The van der Waals surface area contributed by atoms with Crippen LogP contribution in [-0.2, 0) is 11.2 Å². The number of nitrogens with zero attached hydrogens (tertiary/aromatic N) is 3. The van der Waals surface area contributed by atoms with Crippen molar-refractivity contribution >= 4 is 23.0 Å². The summed E-state index contributed by atoms with van der Waals surface area (Å²) in [5, 5.41) is 0. The van der Waals surface area contributed by atoms with Gasteiger partial charge in [-0.2, -0.15) is 4.98 Å². The van der Waals surface area contributed by atoms with Gasteiger partial charge < -0.3 is 23.7 Å². The number of fused-ring (bicyclic) bond motifs is 2. The van der Waals surface area contributed by atoms with Crippen LogP contribution < -0.4 is 14.4 Å². The normalized spacial score (nSPS) is 16.4. The molecule has 144 valence electrons. The number of benzene rings is 2. The van der Waals surface area contributed by atoms with E-state index in [1.54, 1.807) is 0 Å². The van der Waals surface area contributed by atoms with E-state index in [4.69, 9.17) is 13.9 Å². The molecule has 1 amide bonds. The van der Waals surface area contributed by atoms with Gasteiger partial charge in [0.1, 0.15) is 5.52 Å². The highest BCUT2D eigenvalue weighted by Gasteiger charge is 2.23. The third-order valence-corrected chi connectivity index (χ3v) is 5.19. The summed E-state index contributed by atoms with van der Waals surface area (Å²) in [5.74, 6) is 1.57. The zero-order valence-corrected chi connectivity index (χ0v) is 15.5. The van der Waals surface area contributed by atoms with Gasteiger partial charge in [-0.1, -0.05) is 18.2 Å². The second-order valence-electron chi connectivity index (χ2n) is 7.05. The minimum Gasteiger partial charge on any atom is -0.454 e. The van der Waals surface area contributed by atoms with Crippen LogP contribution in [0.4, 0.5) is 6.01 Å². The molecular weight excluding hydrogens is 358 g/mol. The molecule has 28 heavy (non-hydrogen) atoms. The number of hydrogen-bond donors (Lipinski definition) is 0. The maximum atomic E-state index is 12.8. The molecule has 5 rings (SSSR count). The SMILES string of the molecule is O=C(Cc1ccc2c(c1)OCO2)N1CCCN(c2nc3ccccc3o2)CC1. The lowest BCUT2D eigenvalue weighted by molar-refractivity contribution is -0.130. The van der Waals surface area contributed by atoms with Crippen molar-refractivity contribution in [3.8, 4) is 11.5 Å². The molecule has 7 heteroatoms. The Morgan fingerprint density at radius 1 is 1.00 bits per heavy atom. The first kappa shape index (κ1) is 16.9. The highest BCUT2D eigenvalue weighted by atomic mass is 16.7. The van der Waals surface area contributed by atoms with Crippen LogP contribution in [0.2, 0.25) is 0 Å². The summed E-state index contributed by atoms with van der Waals surface area (Å²) in [5.41, 5.74) is 2.59. The Bertz CT molecular complexity index is 983. The van der Waals surface area contributed by atoms with Gasteiger partial charge >= 0.3 is 0 Å². The van der Waals surface area contributed by atoms with Crippen LogP contribution in [0.5, 0.6) is 11.5 Å². The van der Waals surface area contributed by atoms with Crippen LogP contribution >= 0.6 is 0 Å². The largest absolute Gasteiger partial charge is 0.454 e. The molecular formula is C21H21N3O4. The molecule has 2 aliphatic heterocycles. The predicted molar refractivity (Wildman–Crippen MR) is 104 cm³/mol. The second kappa shape index (κ2) is 7.07. The van der Waals surface area contributed by atoms with E-state index < -0.39 is 0 Å². The molecule has 7 nitrogen and oxygen atoms in total. The molecule has 3 aromatic rings. The summed E-state index contributed by atoms with van der Waals surface area (Å²) in [6, 6.07) is 14.1. The van der Waals surface area contributed by atoms with Gasteiger partial charge in [-0.25, -0.2) is 0 Å². The molecule has 0 aliphatic carbocycles. The van der Waals surface area contributed by atoms with E-state index in [0.717, 1.165) is 41.9 Å². The van der Waals surface area contributed by atoms with Crippen molar-refractivity contribution < 1.29 is 18.7 Å². The number of rotatable bonds is 3. The van der Waals surface area contributed by atoms with Gasteiger partial charge in [0.15, 0.2) is 17.1 Å². The third kappa shape index (κ3) is 3.24. The molecule has 3 heterocycles. The van der Waals surface area contributed by atoms with Crippen molar-refractivity contribution in [1.82, 2.24) is 9.88 Å². The van der Waals surface area contributed by atoms with E-state index in [-0.39, 0.29) is 12.7 Å². The molecule has 0 spiro atoms. The number of amides is 1. The molecule has 0 saturated carbocycles. The number of oxazole rings is 1. The summed E-state index contributed by atoms with van der Waals surface area (Å²) in [4.78, 5) is 21.4. The first-order valence-electron chi connectivity index (χ1n) is 9.53. The van der Waals surface area contributed by atoms with Crippen LogP contribution in [-0.4, -0.2) is 48.8 Å². The smallest absolute Gasteiger partial charge is 0.298 e. The second-order valence-corrected chi connectivity index (χ2v) is 7.05.